The topological polar surface area (TPSA) is 88.3 Å². The Morgan fingerprint density at radius 1 is 1.19 bits per heavy atom. The zero-order chi connectivity index (χ0) is 18.9. The lowest BCUT2D eigenvalue weighted by atomic mass is 10.0. The summed E-state index contributed by atoms with van der Waals surface area (Å²) in [6, 6.07) is 5.41. The Bertz CT molecular complexity index is 976. The van der Waals surface area contributed by atoms with Crippen molar-refractivity contribution >= 4 is 15.7 Å². The molecule has 0 bridgehead atoms. The van der Waals surface area contributed by atoms with Crippen LogP contribution in [0.25, 0.3) is 11.1 Å². The van der Waals surface area contributed by atoms with Crippen LogP contribution in [0, 0.1) is 19.8 Å². The van der Waals surface area contributed by atoms with E-state index in [2.05, 4.69) is 9.71 Å². The van der Waals surface area contributed by atoms with Crippen LogP contribution >= 0.6 is 0 Å². The second-order valence-corrected chi connectivity index (χ2v) is 8.83. The van der Waals surface area contributed by atoms with Gasteiger partial charge in [-0.3, -0.25) is 9.52 Å². The largest absolute Gasteiger partial charge is 0.493 e. The van der Waals surface area contributed by atoms with Crippen molar-refractivity contribution in [1.29, 1.82) is 0 Å². The smallest absolute Gasteiger partial charge is 0.250 e. The maximum Gasteiger partial charge on any atom is 0.250 e. The minimum absolute atomic E-state index is 0.000526. The van der Waals surface area contributed by atoms with Gasteiger partial charge in [0.15, 0.2) is 0 Å². The van der Waals surface area contributed by atoms with Gasteiger partial charge in [0.25, 0.3) is 5.56 Å². The molecule has 1 aromatic heterocycles. The summed E-state index contributed by atoms with van der Waals surface area (Å²) < 4.78 is 32.6. The number of aromatic nitrogens is 1. The van der Waals surface area contributed by atoms with Crippen LogP contribution in [-0.4, -0.2) is 25.8 Å². The number of pyridine rings is 1. The van der Waals surface area contributed by atoms with E-state index in [1.54, 1.807) is 32.2 Å². The molecule has 0 aliphatic heterocycles. The second-order valence-electron chi connectivity index (χ2n) is 6.82. The van der Waals surface area contributed by atoms with Crippen molar-refractivity contribution in [3.8, 4) is 16.9 Å². The van der Waals surface area contributed by atoms with Crippen LogP contribution in [0.3, 0.4) is 0 Å². The molecule has 1 aromatic carbocycles. The van der Waals surface area contributed by atoms with Crippen molar-refractivity contribution in [2.24, 2.45) is 5.92 Å². The number of anilines is 1. The number of sulfonamides is 1. The van der Waals surface area contributed by atoms with Crippen LogP contribution in [0.4, 0.5) is 5.69 Å². The van der Waals surface area contributed by atoms with E-state index >= 15 is 0 Å². The third-order valence-electron chi connectivity index (χ3n) is 4.54. The number of hydrogen-bond acceptors (Lipinski definition) is 4. The molecule has 0 radical (unpaired) electrons. The van der Waals surface area contributed by atoms with Crippen LogP contribution in [0.15, 0.2) is 29.2 Å². The minimum Gasteiger partial charge on any atom is -0.493 e. The van der Waals surface area contributed by atoms with Gasteiger partial charge in [0.1, 0.15) is 5.75 Å². The van der Waals surface area contributed by atoms with E-state index < -0.39 is 10.0 Å². The number of aromatic amines is 1. The van der Waals surface area contributed by atoms with Gasteiger partial charge in [-0.05, 0) is 63.3 Å². The molecule has 1 heterocycles. The lowest BCUT2D eigenvalue weighted by Gasteiger charge is -2.17. The number of hydrogen-bond donors (Lipinski definition) is 2. The summed E-state index contributed by atoms with van der Waals surface area (Å²) >= 11 is 0. The van der Waals surface area contributed by atoms with Crippen molar-refractivity contribution in [2.45, 2.75) is 33.6 Å². The molecule has 0 atom stereocenters. The fraction of sp³-hybridized carbons (Fsp3) is 0.421. The molecular weight excluding hydrogens is 352 g/mol. The highest BCUT2D eigenvalue weighted by atomic mass is 32.2. The summed E-state index contributed by atoms with van der Waals surface area (Å²) in [5, 5.41) is 0. The zero-order valence-electron chi connectivity index (χ0n) is 15.3. The predicted molar refractivity (Wildman–Crippen MR) is 103 cm³/mol. The number of H-pyrrole nitrogens is 1. The number of rotatable bonds is 7. The van der Waals surface area contributed by atoms with Gasteiger partial charge in [0.05, 0.1) is 18.0 Å². The van der Waals surface area contributed by atoms with Gasteiger partial charge in [-0.1, -0.05) is 0 Å². The van der Waals surface area contributed by atoms with Crippen LogP contribution in [-0.2, 0) is 10.0 Å². The molecule has 0 saturated heterocycles. The molecule has 26 heavy (non-hydrogen) atoms. The van der Waals surface area contributed by atoms with E-state index in [1.807, 2.05) is 13.0 Å². The Morgan fingerprint density at radius 2 is 1.92 bits per heavy atom. The van der Waals surface area contributed by atoms with E-state index in [4.69, 9.17) is 4.74 Å². The van der Waals surface area contributed by atoms with Gasteiger partial charge in [-0.2, -0.15) is 0 Å². The average Bonchev–Trinajstić information content (AvgIpc) is 3.42. The fourth-order valence-corrected chi connectivity index (χ4v) is 3.32. The standard InChI is InChI=1S/C19H24N2O4S/c1-4-26(23,24)21-17-9-16(15-7-13(3)19(22)20-10-15)18(8-12(17)2)25-11-14-5-6-14/h7-10,14,21H,4-6,11H2,1-3H3,(H,20,22). The highest BCUT2D eigenvalue weighted by molar-refractivity contribution is 7.92. The van der Waals surface area contributed by atoms with E-state index in [0.717, 1.165) is 16.7 Å². The molecule has 2 N–H and O–H groups in total. The van der Waals surface area contributed by atoms with Crippen molar-refractivity contribution < 1.29 is 13.2 Å². The van der Waals surface area contributed by atoms with E-state index in [9.17, 15) is 13.2 Å². The van der Waals surface area contributed by atoms with Gasteiger partial charge >= 0.3 is 0 Å². The molecule has 6 nitrogen and oxygen atoms in total. The third-order valence-corrected chi connectivity index (χ3v) is 5.83. The Morgan fingerprint density at radius 3 is 2.54 bits per heavy atom. The number of nitrogens with one attached hydrogen (secondary N) is 2. The average molecular weight is 376 g/mol. The predicted octanol–water partition coefficient (Wildman–Crippen LogP) is 3.21. The lowest BCUT2D eigenvalue weighted by Crippen LogP contribution is -2.15. The molecule has 2 aromatic rings. The highest BCUT2D eigenvalue weighted by Gasteiger charge is 2.23. The van der Waals surface area contributed by atoms with Crippen LogP contribution < -0.4 is 15.0 Å². The molecule has 0 unspecified atom stereocenters. The zero-order valence-corrected chi connectivity index (χ0v) is 16.1. The summed E-state index contributed by atoms with van der Waals surface area (Å²) in [5.41, 5.74) is 3.29. The third kappa shape index (κ3) is 4.27. The monoisotopic (exact) mass is 376 g/mol. The molecule has 1 aliphatic rings. The first-order valence-corrected chi connectivity index (χ1v) is 10.4. The minimum atomic E-state index is -3.39. The maximum absolute atomic E-state index is 12.0. The first kappa shape index (κ1) is 18.5. The summed E-state index contributed by atoms with van der Waals surface area (Å²) in [7, 11) is -3.39. The SMILES string of the molecule is CCS(=O)(=O)Nc1cc(-c2c[nH]c(=O)c(C)c2)c(OCC2CC2)cc1C. The Balaban J connectivity index is 2.06. The van der Waals surface area contributed by atoms with Crippen LogP contribution in [0.5, 0.6) is 5.75 Å². The van der Waals surface area contributed by atoms with Gasteiger partial charge < -0.3 is 9.72 Å². The number of benzene rings is 1. The van der Waals surface area contributed by atoms with Crippen molar-refractivity contribution in [3.05, 3.63) is 45.9 Å². The van der Waals surface area contributed by atoms with Crippen LogP contribution in [0.2, 0.25) is 0 Å². The van der Waals surface area contributed by atoms with E-state index in [-0.39, 0.29) is 11.3 Å². The lowest BCUT2D eigenvalue weighted by molar-refractivity contribution is 0.301. The van der Waals surface area contributed by atoms with Crippen molar-refractivity contribution in [3.63, 3.8) is 0 Å². The molecule has 7 heteroatoms. The van der Waals surface area contributed by atoms with Crippen molar-refractivity contribution in [1.82, 2.24) is 4.98 Å². The summed E-state index contributed by atoms with van der Waals surface area (Å²) in [4.78, 5) is 14.4. The normalized spacial score (nSPS) is 14.3. The first-order valence-electron chi connectivity index (χ1n) is 8.76. The second kappa shape index (κ2) is 7.15. The molecule has 0 spiro atoms. The van der Waals surface area contributed by atoms with Gasteiger partial charge in [-0.25, -0.2) is 8.42 Å². The highest BCUT2D eigenvalue weighted by Crippen LogP contribution is 2.37. The summed E-state index contributed by atoms with van der Waals surface area (Å²) in [6.45, 7) is 5.83. The van der Waals surface area contributed by atoms with E-state index in [1.165, 1.54) is 12.8 Å². The number of ether oxygens (including phenoxy) is 1. The van der Waals surface area contributed by atoms with E-state index in [0.29, 0.717) is 29.5 Å². The summed E-state index contributed by atoms with van der Waals surface area (Å²) in [6.07, 6.45) is 3.99. The molecule has 0 amide bonds. The molecule has 1 fully saturated rings. The Kier molecular flexibility index (Phi) is 5.09. The maximum atomic E-state index is 12.0. The fourth-order valence-electron chi connectivity index (χ4n) is 2.62. The molecule has 1 aliphatic carbocycles. The van der Waals surface area contributed by atoms with Crippen molar-refractivity contribution in [2.75, 3.05) is 17.1 Å². The first-order chi connectivity index (χ1) is 12.3. The molecule has 1 saturated carbocycles. The van der Waals surface area contributed by atoms with Gasteiger partial charge in [-0.15, -0.1) is 0 Å². The van der Waals surface area contributed by atoms with Gasteiger partial charge in [0, 0.05) is 22.9 Å². The molecule has 3 rings (SSSR count). The molecular formula is C19H24N2O4S. The number of aryl methyl sites for hydroxylation is 2. The van der Waals surface area contributed by atoms with Gasteiger partial charge in [0.2, 0.25) is 10.0 Å². The Hall–Kier alpha value is -2.28. The Labute approximate surface area is 153 Å². The molecule has 140 valence electrons. The quantitative estimate of drug-likeness (QED) is 0.777. The van der Waals surface area contributed by atoms with Crippen LogP contribution in [0.1, 0.15) is 30.9 Å². The summed E-state index contributed by atoms with van der Waals surface area (Å²) in [5.74, 6) is 1.29.